The minimum Gasteiger partial charge on any atom is -0.497 e. The van der Waals surface area contributed by atoms with Crippen molar-refractivity contribution in [2.24, 2.45) is 0 Å². The van der Waals surface area contributed by atoms with E-state index in [4.69, 9.17) is 9.47 Å². The van der Waals surface area contributed by atoms with Gasteiger partial charge in [0.05, 0.1) is 7.11 Å². The lowest BCUT2D eigenvalue weighted by atomic mass is 9.67. The summed E-state index contributed by atoms with van der Waals surface area (Å²) in [7, 11) is 1.75. The van der Waals surface area contributed by atoms with Crippen molar-refractivity contribution in [3.8, 4) is 11.5 Å². The lowest BCUT2D eigenvalue weighted by molar-refractivity contribution is 0.105. The fraction of sp³-hybridized carbons (Fsp3) is 0.600. The summed E-state index contributed by atoms with van der Waals surface area (Å²) in [5.41, 5.74) is 2.78. The molecule has 0 saturated heterocycles. The summed E-state index contributed by atoms with van der Waals surface area (Å²) in [5, 5.41) is 0. The van der Waals surface area contributed by atoms with Crippen LogP contribution < -0.4 is 9.47 Å². The summed E-state index contributed by atoms with van der Waals surface area (Å²) in [6.45, 7) is 6.50. The van der Waals surface area contributed by atoms with Crippen LogP contribution in [0, 0.1) is 0 Å². The van der Waals surface area contributed by atoms with Gasteiger partial charge in [-0.25, -0.2) is 0 Å². The first-order valence-corrected chi connectivity index (χ1v) is 12.9. The number of benzene rings is 2. The smallest absolute Gasteiger partial charge is 0.120 e. The molecule has 0 aromatic heterocycles. The molecule has 1 aliphatic rings. The number of ether oxygens (including phenoxy) is 2. The fourth-order valence-corrected chi connectivity index (χ4v) is 5.10. The molecule has 1 saturated carbocycles. The molecule has 0 unspecified atom stereocenters. The molecule has 0 amide bonds. The van der Waals surface area contributed by atoms with E-state index in [1.54, 1.807) is 7.11 Å². The van der Waals surface area contributed by atoms with E-state index in [0.717, 1.165) is 17.9 Å². The summed E-state index contributed by atoms with van der Waals surface area (Å²) >= 11 is 0. The number of rotatable bonds is 6. The van der Waals surface area contributed by atoms with Crippen molar-refractivity contribution in [1.82, 2.24) is 0 Å². The molecule has 3 rings (SSSR count). The normalized spacial score (nSPS) is 18.2. The zero-order valence-electron chi connectivity index (χ0n) is 20.9. The third-order valence-corrected chi connectivity index (χ3v) is 7.50. The van der Waals surface area contributed by atoms with Gasteiger partial charge in [-0.2, -0.15) is 0 Å². The highest BCUT2D eigenvalue weighted by molar-refractivity contribution is 5.43. The van der Waals surface area contributed by atoms with Crippen molar-refractivity contribution >= 4 is 0 Å². The standard InChI is InChI=1S/C30H44O2/c1-5-29(2,3)32-28-21-17-26(18-22-28)30(25-15-19-27(31-4)20-16-25)23-13-11-9-7-6-8-10-12-14-24-30/h15-22H,5-14,23-24H2,1-4H3. The van der Waals surface area contributed by atoms with Crippen molar-refractivity contribution in [1.29, 1.82) is 0 Å². The minimum absolute atomic E-state index is 0.0598. The minimum atomic E-state index is -0.137. The second-order valence-corrected chi connectivity index (χ2v) is 10.2. The fourth-order valence-electron chi connectivity index (χ4n) is 5.10. The Labute approximate surface area is 196 Å². The highest BCUT2D eigenvalue weighted by Crippen LogP contribution is 2.43. The first-order chi connectivity index (χ1) is 15.5. The molecular weight excluding hydrogens is 392 g/mol. The molecule has 32 heavy (non-hydrogen) atoms. The van der Waals surface area contributed by atoms with E-state index in [1.165, 1.54) is 81.8 Å². The molecule has 2 nitrogen and oxygen atoms in total. The van der Waals surface area contributed by atoms with Gasteiger partial charge in [-0.1, -0.05) is 89.0 Å². The van der Waals surface area contributed by atoms with E-state index in [0.29, 0.717) is 0 Å². The van der Waals surface area contributed by atoms with Crippen LogP contribution >= 0.6 is 0 Å². The van der Waals surface area contributed by atoms with Gasteiger partial charge in [0.2, 0.25) is 0 Å². The van der Waals surface area contributed by atoms with Crippen LogP contribution in [0.5, 0.6) is 11.5 Å². The Balaban J connectivity index is 1.95. The van der Waals surface area contributed by atoms with Crippen LogP contribution in [0.25, 0.3) is 0 Å². The molecule has 2 aromatic rings. The summed E-state index contributed by atoms with van der Waals surface area (Å²) in [6, 6.07) is 17.9. The Morgan fingerprint density at radius 1 is 0.656 bits per heavy atom. The van der Waals surface area contributed by atoms with Crippen LogP contribution in [0.15, 0.2) is 48.5 Å². The molecule has 0 spiro atoms. The third-order valence-electron chi connectivity index (χ3n) is 7.50. The first kappa shape index (κ1) is 24.7. The van der Waals surface area contributed by atoms with E-state index in [1.807, 2.05) is 0 Å². The van der Waals surface area contributed by atoms with Gasteiger partial charge in [0.25, 0.3) is 0 Å². The average molecular weight is 437 g/mol. The quantitative estimate of drug-likeness (QED) is 0.450. The Hall–Kier alpha value is -1.96. The summed E-state index contributed by atoms with van der Waals surface area (Å²) < 4.78 is 11.7. The van der Waals surface area contributed by atoms with Gasteiger partial charge in [0.15, 0.2) is 0 Å². The van der Waals surface area contributed by atoms with Crippen LogP contribution in [-0.4, -0.2) is 12.7 Å². The Kier molecular flexibility index (Phi) is 9.08. The van der Waals surface area contributed by atoms with E-state index < -0.39 is 0 Å². The molecule has 0 atom stereocenters. The van der Waals surface area contributed by atoms with Gasteiger partial charge in [-0.3, -0.25) is 0 Å². The maximum Gasteiger partial charge on any atom is 0.120 e. The van der Waals surface area contributed by atoms with E-state index in [-0.39, 0.29) is 11.0 Å². The van der Waals surface area contributed by atoms with Gasteiger partial charge >= 0.3 is 0 Å². The van der Waals surface area contributed by atoms with Crippen molar-refractivity contribution in [2.45, 2.75) is 109 Å². The molecule has 2 aromatic carbocycles. The SMILES string of the molecule is CCC(C)(C)Oc1ccc(C2(c3ccc(OC)cc3)CCCCCCCCCCC2)cc1. The molecule has 2 heteroatoms. The van der Waals surface area contributed by atoms with E-state index >= 15 is 0 Å². The van der Waals surface area contributed by atoms with Gasteiger partial charge in [0.1, 0.15) is 17.1 Å². The van der Waals surface area contributed by atoms with Crippen molar-refractivity contribution < 1.29 is 9.47 Å². The van der Waals surface area contributed by atoms with Gasteiger partial charge in [-0.15, -0.1) is 0 Å². The molecule has 0 radical (unpaired) electrons. The van der Waals surface area contributed by atoms with Gasteiger partial charge in [-0.05, 0) is 68.5 Å². The summed E-state index contributed by atoms with van der Waals surface area (Å²) in [4.78, 5) is 0. The van der Waals surface area contributed by atoms with Crippen molar-refractivity contribution in [3.05, 3.63) is 59.7 Å². The third kappa shape index (κ3) is 6.53. The summed E-state index contributed by atoms with van der Waals surface area (Å²) in [6.07, 6.45) is 15.6. The summed E-state index contributed by atoms with van der Waals surface area (Å²) in [5.74, 6) is 1.90. The lowest BCUT2D eigenvalue weighted by Crippen LogP contribution is -2.29. The topological polar surface area (TPSA) is 18.5 Å². The molecule has 0 N–H and O–H groups in total. The molecule has 1 aliphatic carbocycles. The Morgan fingerprint density at radius 3 is 1.47 bits per heavy atom. The van der Waals surface area contributed by atoms with Crippen LogP contribution in [-0.2, 0) is 5.41 Å². The first-order valence-electron chi connectivity index (χ1n) is 12.9. The molecule has 0 heterocycles. The van der Waals surface area contributed by atoms with Crippen LogP contribution in [0.3, 0.4) is 0 Å². The number of hydrogen-bond acceptors (Lipinski definition) is 2. The second kappa shape index (κ2) is 11.8. The van der Waals surface area contributed by atoms with Gasteiger partial charge in [0, 0.05) is 5.41 Å². The average Bonchev–Trinajstić information content (AvgIpc) is 2.80. The largest absolute Gasteiger partial charge is 0.497 e. The predicted molar refractivity (Wildman–Crippen MR) is 136 cm³/mol. The second-order valence-electron chi connectivity index (χ2n) is 10.2. The maximum absolute atomic E-state index is 6.26. The van der Waals surface area contributed by atoms with Crippen LogP contribution in [0.4, 0.5) is 0 Å². The number of methoxy groups -OCH3 is 1. The Bertz CT molecular complexity index is 777. The zero-order chi connectivity index (χ0) is 22.9. The van der Waals surface area contributed by atoms with E-state index in [2.05, 4.69) is 69.3 Å². The highest BCUT2D eigenvalue weighted by Gasteiger charge is 2.33. The zero-order valence-corrected chi connectivity index (χ0v) is 20.9. The van der Waals surface area contributed by atoms with Crippen molar-refractivity contribution in [3.63, 3.8) is 0 Å². The molecule has 176 valence electrons. The van der Waals surface area contributed by atoms with Crippen LogP contribution in [0.1, 0.15) is 109 Å². The molecule has 1 fully saturated rings. The van der Waals surface area contributed by atoms with Crippen LogP contribution in [0.2, 0.25) is 0 Å². The molecular formula is C30H44O2. The number of hydrogen-bond donors (Lipinski definition) is 0. The molecule has 0 aliphatic heterocycles. The maximum atomic E-state index is 6.26. The monoisotopic (exact) mass is 436 g/mol. The lowest BCUT2D eigenvalue weighted by Gasteiger charge is -2.36. The van der Waals surface area contributed by atoms with E-state index in [9.17, 15) is 0 Å². The van der Waals surface area contributed by atoms with Gasteiger partial charge < -0.3 is 9.47 Å². The Morgan fingerprint density at radius 2 is 1.06 bits per heavy atom. The predicted octanol–water partition coefficient (Wildman–Crippen LogP) is 8.85. The highest BCUT2D eigenvalue weighted by atomic mass is 16.5. The molecule has 0 bridgehead atoms. The van der Waals surface area contributed by atoms with Crippen molar-refractivity contribution in [2.75, 3.05) is 7.11 Å².